The summed E-state index contributed by atoms with van der Waals surface area (Å²) in [6.45, 7) is 1.42. The third-order valence-electron chi connectivity index (χ3n) is 3.57. The van der Waals surface area contributed by atoms with Gasteiger partial charge in [-0.1, -0.05) is 11.6 Å². The Hall–Kier alpha value is -3.26. The zero-order valence-corrected chi connectivity index (χ0v) is 14.7. The van der Waals surface area contributed by atoms with E-state index in [9.17, 15) is 14.0 Å². The Kier molecular flexibility index (Phi) is 5.46. The molecule has 1 amide bonds. The van der Waals surface area contributed by atoms with Gasteiger partial charge in [-0.15, -0.1) is 10.2 Å². The van der Waals surface area contributed by atoms with E-state index in [-0.39, 0.29) is 10.6 Å². The molecule has 0 aliphatic heterocycles. The monoisotopic (exact) mass is 389 g/mol. The van der Waals surface area contributed by atoms with Crippen molar-refractivity contribution < 1.29 is 23.1 Å². The van der Waals surface area contributed by atoms with Gasteiger partial charge in [0, 0.05) is 11.3 Å². The predicted molar refractivity (Wildman–Crippen MR) is 94.7 cm³/mol. The van der Waals surface area contributed by atoms with Crippen LogP contribution in [-0.2, 0) is 9.53 Å². The van der Waals surface area contributed by atoms with Gasteiger partial charge in [0.1, 0.15) is 5.82 Å². The predicted octanol–water partition coefficient (Wildman–Crippen LogP) is 3.71. The van der Waals surface area contributed by atoms with Crippen molar-refractivity contribution in [3.63, 3.8) is 0 Å². The van der Waals surface area contributed by atoms with Crippen molar-refractivity contribution in [3.05, 3.63) is 65.3 Å². The molecule has 1 aromatic heterocycles. The summed E-state index contributed by atoms with van der Waals surface area (Å²) in [4.78, 5) is 24.3. The van der Waals surface area contributed by atoms with Crippen LogP contribution in [-0.4, -0.2) is 28.2 Å². The first-order chi connectivity index (χ1) is 12.9. The number of benzene rings is 2. The molecule has 3 rings (SSSR count). The van der Waals surface area contributed by atoms with Gasteiger partial charge in [0.15, 0.2) is 6.10 Å². The van der Waals surface area contributed by atoms with Crippen LogP contribution in [0.2, 0.25) is 5.02 Å². The standard InChI is InChI=1S/C18H13ClFN3O4/c1-10(16(24)22-13-6-7-15(20)14(19)8-13)27-18(25)12-4-2-11(3-5-12)17-23-21-9-26-17/h2-10H,1H3,(H,22,24)/t10-/m1/s1. The number of anilines is 1. The van der Waals surface area contributed by atoms with E-state index in [0.717, 1.165) is 6.07 Å². The highest BCUT2D eigenvalue weighted by Gasteiger charge is 2.19. The van der Waals surface area contributed by atoms with Gasteiger partial charge < -0.3 is 14.5 Å². The largest absolute Gasteiger partial charge is 0.449 e. The molecule has 0 unspecified atom stereocenters. The van der Waals surface area contributed by atoms with Crippen LogP contribution in [0.15, 0.2) is 53.3 Å². The first kappa shape index (κ1) is 18.5. The molecule has 0 fully saturated rings. The fourth-order valence-corrected chi connectivity index (χ4v) is 2.33. The molecule has 0 aliphatic carbocycles. The molecule has 0 saturated heterocycles. The number of nitrogens with one attached hydrogen (secondary N) is 1. The van der Waals surface area contributed by atoms with Crippen LogP contribution in [0.4, 0.5) is 10.1 Å². The quantitative estimate of drug-likeness (QED) is 0.668. The van der Waals surface area contributed by atoms with Crippen LogP contribution in [0.1, 0.15) is 17.3 Å². The number of esters is 1. The average molecular weight is 390 g/mol. The number of hydrogen-bond donors (Lipinski definition) is 1. The molecule has 27 heavy (non-hydrogen) atoms. The van der Waals surface area contributed by atoms with Crippen LogP contribution in [0.25, 0.3) is 11.5 Å². The molecule has 7 nitrogen and oxygen atoms in total. The Balaban J connectivity index is 1.61. The minimum absolute atomic E-state index is 0.126. The lowest BCUT2D eigenvalue weighted by Gasteiger charge is -2.14. The Labute approximate surface area is 158 Å². The number of halogens is 2. The first-order valence-corrected chi connectivity index (χ1v) is 8.15. The van der Waals surface area contributed by atoms with E-state index >= 15 is 0 Å². The number of carbonyl (C=O) groups excluding carboxylic acids is 2. The highest BCUT2D eigenvalue weighted by Crippen LogP contribution is 2.20. The number of hydrogen-bond acceptors (Lipinski definition) is 6. The highest BCUT2D eigenvalue weighted by molar-refractivity contribution is 6.31. The Morgan fingerprint density at radius 1 is 1.22 bits per heavy atom. The summed E-state index contributed by atoms with van der Waals surface area (Å²) >= 11 is 5.66. The lowest BCUT2D eigenvalue weighted by atomic mass is 10.1. The summed E-state index contributed by atoms with van der Waals surface area (Å²) in [5, 5.41) is 9.72. The molecule has 0 radical (unpaired) electrons. The second-order valence-corrected chi connectivity index (χ2v) is 5.89. The van der Waals surface area contributed by atoms with E-state index in [2.05, 4.69) is 15.5 Å². The molecule has 0 spiro atoms. The van der Waals surface area contributed by atoms with Gasteiger partial charge in [-0.05, 0) is 49.4 Å². The Bertz CT molecular complexity index is 961. The maximum Gasteiger partial charge on any atom is 0.338 e. The van der Waals surface area contributed by atoms with E-state index in [1.807, 2.05) is 0 Å². The lowest BCUT2D eigenvalue weighted by Crippen LogP contribution is -2.30. The molecule has 0 aliphatic rings. The molecule has 1 atom stereocenters. The van der Waals surface area contributed by atoms with Gasteiger partial charge in [0.2, 0.25) is 12.3 Å². The second-order valence-electron chi connectivity index (χ2n) is 5.49. The zero-order valence-electron chi connectivity index (χ0n) is 14.0. The molecular weight excluding hydrogens is 377 g/mol. The molecule has 1 heterocycles. The maximum atomic E-state index is 13.1. The molecule has 9 heteroatoms. The molecule has 3 aromatic rings. The third-order valence-corrected chi connectivity index (χ3v) is 3.86. The normalized spacial score (nSPS) is 11.7. The van der Waals surface area contributed by atoms with Gasteiger partial charge in [0.25, 0.3) is 5.91 Å². The van der Waals surface area contributed by atoms with E-state index in [1.54, 1.807) is 12.1 Å². The summed E-state index contributed by atoms with van der Waals surface area (Å²) in [5.74, 6) is -1.53. The van der Waals surface area contributed by atoms with E-state index in [4.69, 9.17) is 20.8 Å². The summed E-state index contributed by atoms with van der Waals surface area (Å²) in [6, 6.07) is 10.0. The minimum Gasteiger partial charge on any atom is -0.449 e. The van der Waals surface area contributed by atoms with E-state index in [0.29, 0.717) is 17.1 Å². The lowest BCUT2D eigenvalue weighted by molar-refractivity contribution is -0.123. The number of carbonyl (C=O) groups is 2. The SMILES string of the molecule is C[C@@H](OC(=O)c1ccc(-c2nnco2)cc1)C(=O)Nc1ccc(F)c(Cl)c1. The van der Waals surface area contributed by atoms with Crippen LogP contribution in [0, 0.1) is 5.82 Å². The number of rotatable bonds is 5. The number of ether oxygens (including phenoxy) is 1. The molecule has 0 bridgehead atoms. The zero-order chi connectivity index (χ0) is 19.4. The van der Waals surface area contributed by atoms with Crippen LogP contribution >= 0.6 is 11.6 Å². The topological polar surface area (TPSA) is 94.3 Å². The molecule has 138 valence electrons. The third kappa shape index (κ3) is 4.48. The Morgan fingerprint density at radius 3 is 2.59 bits per heavy atom. The van der Waals surface area contributed by atoms with Crippen molar-refractivity contribution >= 4 is 29.2 Å². The molecule has 0 saturated carbocycles. The minimum atomic E-state index is -1.07. The summed E-state index contributed by atoms with van der Waals surface area (Å²) in [7, 11) is 0. The van der Waals surface area contributed by atoms with Crippen molar-refractivity contribution in [1.29, 1.82) is 0 Å². The van der Waals surface area contributed by atoms with Crippen LogP contribution in [0.3, 0.4) is 0 Å². The summed E-state index contributed by atoms with van der Waals surface area (Å²) in [5.41, 5.74) is 1.18. The fraction of sp³-hybridized carbons (Fsp3) is 0.111. The summed E-state index contributed by atoms with van der Waals surface area (Å²) < 4.78 is 23.4. The second kappa shape index (κ2) is 7.96. The van der Waals surface area contributed by atoms with Gasteiger partial charge in [-0.25, -0.2) is 9.18 Å². The van der Waals surface area contributed by atoms with Gasteiger partial charge in [0.05, 0.1) is 10.6 Å². The van der Waals surface area contributed by atoms with E-state index < -0.39 is 23.8 Å². The molecule has 1 N–H and O–H groups in total. The maximum absolute atomic E-state index is 13.1. The smallest absolute Gasteiger partial charge is 0.338 e. The number of amides is 1. The summed E-state index contributed by atoms with van der Waals surface area (Å²) in [6.07, 6.45) is 0.128. The fourth-order valence-electron chi connectivity index (χ4n) is 2.15. The first-order valence-electron chi connectivity index (χ1n) is 7.77. The van der Waals surface area contributed by atoms with Crippen molar-refractivity contribution in [3.8, 4) is 11.5 Å². The van der Waals surface area contributed by atoms with Crippen molar-refractivity contribution in [1.82, 2.24) is 10.2 Å². The van der Waals surface area contributed by atoms with E-state index in [1.165, 1.54) is 37.6 Å². The van der Waals surface area contributed by atoms with Gasteiger partial charge in [-0.2, -0.15) is 0 Å². The van der Waals surface area contributed by atoms with Gasteiger partial charge in [-0.3, -0.25) is 4.79 Å². The highest BCUT2D eigenvalue weighted by atomic mass is 35.5. The van der Waals surface area contributed by atoms with Gasteiger partial charge >= 0.3 is 5.97 Å². The number of nitrogens with zero attached hydrogens (tertiary/aromatic N) is 2. The molecular formula is C18H13ClFN3O4. The van der Waals surface area contributed by atoms with Crippen molar-refractivity contribution in [2.75, 3.05) is 5.32 Å². The van der Waals surface area contributed by atoms with Crippen LogP contribution in [0.5, 0.6) is 0 Å². The Morgan fingerprint density at radius 2 is 1.96 bits per heavy atom. The number of aromatic nitrogens is 2. The van der Waals surface area contributed by atoms with Crippen LogP contribution < -0.4 is 5.32 Å². The molecule has 2 aromatic carbocycles. The average Bonchev–Trinajstić information content (AvgIpc) is 3.19. The van der Waals surface area contributed by atoms with Crippen molar-refractivity contribution in [2.24, 2.45) is 0 Å². The van der Waals surface area contributed by atoms with Crippen molar-refractivity contribution in [2.45, 2.75) is 13.0 Å².